The van der Waals surface area contributed by atoms with Crippen molar-refractivity contribution < 1.29 is 18.7 Å². The minimum Gasteiger partial charge on any atom is -0.465 e. The van der Waals surface area contributed by atoms with Crippen LogP contribution in [0.4, 0.5) is 5.69 Å². The number of aromatic nitrogens is 2. The van der Waals surface area contributed by atoms with Crippen LogP contribution in [-0.4, -0.2) is 34.9 Å². The number of aryl methyl sites for hydroxylation is 1. The van der Waals surface area contributed by atoms with Crippen LogP contribution in [0.25, 0.3) is 11.5 Å². The zero-order valence-corrected chi connectivity index (χ0v) is 15.6. The molecule has 0 bridgehead atoms. The first-order valence-electron chi connectivity index (χ1n) is 8.07. The summed E-state index contributed by atoms with van der Waals surface area (Å²) < 4.78 is 10.3. The van der Waals surface area contributed by atoms with E-state index in [-0.39, 0.29) is 11.7 Å². The Hall–Kier alpha value is -3.13. The number of carbonyl (C=O) groups is 2. The van der Waals surface area contributed by atoms with Gasteiger partial charge >= 0.3 is 5.97 Å². The van der Waals surface area contributed by atoms with Crippen LogP contribution in [0.2, 0.25) is 0 Å². The van der Waals surface area contributed by atoms with Gasteiger partial charge in [0.1, 0.15) is 0 Å². The first kappa shape index (κ1) is 18.7. The molecule has 0 spiro atoms. The predicted octanol–water partition coefficient (Wildman–Crippen LogP) is 3.56. The quantitative estimate of drug-likeness (QED) is 0.514. The predicted molar refractivity (Wildman–Crippen MR) is 102 cm³/mol. The number of esters is 1. The Morgan fingerprint density at radius 2 is 1.93 bits per heavy atom. The van der Waals surface area contributed by atoms with Crippen LogP contribution in [-0.2, 0) is 9.53 Å². The van der Waals surface area contributed by atoms with Crippen molar-refractivity contribution in [2.24, 2.45) is 0 Å². The highest BCUT2D eigenvalue weighted by molar-refractivity contribution is 7.99. The fourth-order valence-corrected chi connectivity index (χ4v) is 2.84. The molecule has 0 aliphatic rings. The van der Waals surface area contributed by atoms with Gasteiger partial charge in [0, 0.05) is 11.3 Å². The molecule has 1 N–H and O–H groups in total. The SMILES string of the molecule is COC(=O)c1ccc(C)c(NC(=O)CSc2nnc(-c3ccccc3)o2)c1. The van der Waals surface area contributed by atoms with Crippen molar-refractivity contribution in [2.75, 3.05) is 18.2 Å². The second kappa shape index (κ2) is 8.50. The van der Waals surface area contributed by atoms with Gasteiger partial charge in [0.2, 0.25) is 11.8 Å². The van der Waals surface area contributed by atoms with Crippen LogP contribution >= 0.6 is 11.8 Å². The normalized spacial score (nSPS) is 10.4. The van der Waals surface area contributed by atoms with Gasteiger partial charge in [-0.2, -0.15) is 0 Å². The maximum atomic E-state index is 12.2. The second-order valence-electron chi connectivity index (χ2n) is 5.60. The fourth-order valence-electron chi connectivity index (χ4n) is 2.28. The number of carbonyl (C=O) groups excluding carboxylic acids is 2. The van der Waals surface area contributed by atoms with Crippen molar-refractivity contribution in [3.8, 4) is 11.5 Å². The molecule has 1 heterocycles. The molecule has 0 aliphatic carbocycles. The van der Waals surface area contributed by atoms with Crippen LogP contribution in [0.5, 0.6) is 0 Å². The summed E-state index contributed by atoms with van der Waals surface area (Å²) in [5.74, 6) is -0.206. The fraction of sp³-hybridized carbons (Fsp3) is 0.158. The lowest BCUT2D eigenvalue weighted by atomic mass is 10.1. The molecule has 8 heteroatoms. The first-order chi connectivity index (χ1) is 13.1. The number of methoxy groups -OCH3 is 1. The monoisotopic (exact) mass is 383 g/mol. The van der Waals surface area contributed by atoms with Gasteiger partial charge in [-0.3, -0.25) is 4.79 Å². The highest BCUT2D eigenvalue weighted by atomic mass is 32.2. The van der Waals surface area contributed by atoms with Crippen LogP contribution in [0.1, 0.15) is 15.9 Å². The maximum absolute atomic E-state index is 12.2. The van der Waals surface area contributed by atoms with Gasteiger partial charge < -0.3 is 14.5 Å². The van der Waals surface area contributed by atoms with Crippen molar-refractivity contribution in [1.82, 2.24) is 10.2 Å². The van der Waals surface area contributed by atoms with E-state index in [9.17, 15) is 9.59 Å². The van der Waals surface area contributed by atoms with Gasteiger partial charge in [0.25, 0.3) is 5.22 Å². The third kappa shape index (κ3) is 4.73. The Labute approximate surface area is 160 Å². The summed E-state index contributed by atoms with van der Waals surface area (Å²) in [5, 5.41) is 11.0. The largest absolute Gasteiger partial charge is 0.465 e. The number of amides is 1. The number of nitrogens with one attached hydrogen (secondary N) is 1. The van der Waals surface area contributed by atoms with Crippen molar-refractivity contribution in [1.29, 1.82) is 0 Å². The van der Waals surface area contributed by atoms with E-state index >= 15 is 0 Å². The Morgan fingerprint density at radius 1 is 1.15 bits per heavy atom. The molecule has 3 rings (SSSR count). The van der Waals surface area contributed by atoms with E-state index in [2.05, 4.69) is 15.5 Å². The molecule has 0 saturated carbocycles. The maximum Gasteiger partial charge on any atom is 0.337 e. The lowest BCUT2D eigenvalue weighted by Crippen LogP contribution is -2.15. The van der Waals surface area contributed by atoms with E-state index < -0.39 is 5.97 Å². The molecular weight excluding hydrogens is 366 g/mol. The third-order valence-corrected chi connectivity index (χ3v) is 4.51. The van der Waals surface area contributed by atoms with Crippen molar-refractivity contribution in [3.63, 3.8) is 0 Å². The lowest BCUT2D eigenvalue weighted by Gasteiger charge is -2.09. The minimum absolute atomic E-state index is 0.0956. The average molecular weight is 383 g/mol. The van der Waals surface area contributed by atoms with Gasteiger partial charge in [0.15, 0.2) is 0 Å². The first-order valence-corrected chi connectivity index (χ1v) is 9.06. The Balaban J connectivity index is 1.61. The Kier molecular flexibility index (Phi) is 5.87. The van der Waals surface area contributed by atoms with Gasteiger partial charge in [0.05, 0.1) is 18.4 Å². The number of ether oxygens (including phenoxy) is 1. The van der Waals surface area contributed by atoms with Gasteiger partial charge in [-0.25, -0.2) is 4.79 Å². The molecule has 0 unspecified atom stereocenters. The van der Waals surface area contributed by atoms with E-state index in [4.69, 9.17) is 9.15 Å². The number of thioether (sulfide) groups is 1. The molecule has 0 aliphatic heterocycles. The topological polar surface area (TPSA) is 94.3 Å². The molecule has 1 amide bonds. The molecule has 0 fully saturated rings. The van der Waals surface area contributed by atoms with E-state index in [0.29, 0.717) is 22.4 Å². The molecule has 0 radical (unpaired) electrons. The van der Waals surface area contributed by atoms with Crippen molar-refractivity contribution >= 4 is 29.3 Å². The minimum atomic E-state index is -0.459. The Morgan fingerprint density at radius 3 is 2.67 bits per heavy atom. The molecule has 3 aromatic rings. The summed E-state index contributed by atoms with van der Waals surface area (Å²) in [6.07, 6.45) is 0. The smallest absolute Gasteiger partial charge is 0.337 e. The highest BCUT2D eigenvalue weighted by Gasteiger charge is 2.13. The van der Waals surface area contributed by atoms with Gasteiger partial charge in [-0.05, 0) is 36.8 Å². The number of rotatable bonds is 6. The molecule has 27 heavy (non-hydrogen) atoms. The van der Waals surface area contributed by atoms with Crippen molar-refractivity contribution in [3.05, 3.63) is 59.7 Å². The van der Waals surface area contributed by atoms with E-state index in [1.165, 1.54) is 7.11 Å². The third-order valence-electron chi connectivity index (χ3n) is 3.69. The highest BCUT2D eigenvalue weighted by Crippen LogP contribution is 2.23. The Bertz CT molecular complexity index is 957. The molecule has 0 atom stereocenters. The summed E-state index contributed by atoms with van der Waals surface area (Å²) in [5.41, 5.74) is 2.58. The number of hydrogen-bond acceptors (Lipinski definition) is 7. The molecule has 2 aromatic carbocycles. The zero-order valence-electron chi connectivity index (χ0n) is 14.8. The van der Waals surface area contributed by atoms with Crippen LogP contribution in [0, 0.1) is 6.92 Å². The van der Waals surface area contributed by atoms with E-state index in [1.807, 2.05) is 37.3 Å². The second-order valence-corrected chi connectivity index (χ2v) is 6.52. The molecule has 0 saturated heterocycles. The van der Waals surface area contributed by atoms with Crippen molar-refractivity contribution in [2.45, 2.75) is 12.1 Å². The molecule has 7 nitrogen and oxygen atoms in total. The number of benzene rings is 2. The lowest BCUT2D eigenvalue weighted by molar-refractivity contribution is -0.113. The van der Waals surface area contributed by atoms with Crippen LogP contribution in [0.3, 0.4) is 0 Å². The standard InChI is InChI=1S/C19H17N3O4S/c1-12-8-9-14(18(24)25-2)10-15(12)20-16(23)11-27-19-22-21-17(26-19)13-6-4-3-5-7-13/h3-10H,11H2,1-2H3,(H,20,23). The summed E-state index contributed by atoms with van der Waals surface area (Å²) in [6.45, 7) is 1.84. The number of hydrogen-bond donors (Lipinski definition) is 1. The zero-order chi connectivity index (χ0) is 19.2. The molecule has 138 valence electrons. The average Bonchev–Trinajstić information content (AvgIpc) is 3.17. The van der Waals surface area contributed by atoms with E-state index in [0.717, 1.165) is 22.9 Å². The summed E-state index contributed by atoms with van der Waals surface area (Å²) in [6, 6.07) is 14.4. The van der Waals surface area contributed by atoms with Crippen LogP contribution in [0.15, 0.2) is 58.2 Å². The van der Waals surface area contributed by atoms with Gasteiger partial charge in [-0.15, -0.1) is 10.2 Å². The van der Waals surface area contributed by atoms with Crippen LogP contribution < -0.4 is 5.32 Å². The van der Waals surface area contributed by atoms with Gasteiger partial charge in [-0.1, -0.05) is 36.0 Å². The summed E-state index contributed by atoms with van der Waals surface area (Å²) in [4.78, 5) is 23.9. The number of anilines is 1. The summed E-state index contributed by atoms with van der Waals surface area (Å²) >= 11 is 1.14. The molecular formula is C19H17N3O4S. The number of nitrogens with zero attached hydrogens (tertiary/aromatic N) is 2. The van der Waals surface area contributed by atoms with E-state index in [1.54, 1.807) is 18.2 Å². The summed E-state index contributed by atoms with van der Waals surface area (Å²) in [7, 11) is 1.31. The molecule has 1 aromatic heterocycles.